The number of aromatic nitrogens is 2. The average Bonchev–Trinajstić information content (AvgIpc) is 3.77. The van der Waals surface area contributed by atoms with Gasteiger partial charge in [0.15, 0.2) is 0 Å². The molecule has 6 nitrogen and oxygen atoms in total. The quantitative estimate of drug-likeness (QED) is 0.192. The number of fused-ring (bicyclic) bond motifs is 4. The number of H-pyrrole nitrogens is 1. The monoisotopic (exact) mass is 537 g/mol. The Morgan fingerprint density at radius 2 is 1.66 bits per heavy atom. The van der Waals surface area contributed by atoms with E-state index in [2.05, 4.69) is 117 Å². The smallest absolute Gasteiger partial charge is 0.252 e. The molecule has 4 heterocycles. The molecule has 2 aromatic heterocycles. The first-order valence-corrected chi connectivity index (χ1v) is 14.3. The van der Waals surface area contributed by atoms with Crippen molar-refractivity contribution in [3.63, 3.8) is 0 Å². The standard InChI is InChI=1S/C35H31N5O/c41-35-28-17-25-12-14-37-30(25)18-27(28)34(39-35)33-26-8-4-5-9-29(26)38-31(33)20-36-19-23-10-11-24-13-15-40(32(24)16-23)21-22-6-2-1-3-7-22/h1-18,31,33-34,36-38H,19-21H2,(H,39,41). The van der Waals surface area contributed by atoms with Crippen LogP contribution in [0.3, 0.4) is 0 Å². The third kappa shape index (κ3) is 4.19. The Labute approximate surface area is 238 Å². The number of nitrogens with one attached hydrogen (secondary N) is 4. The second-order valence-corrected chi connectivity index (χ2v) is 11.3. The fourth-order valence-electron chi connectivity index (χ4n) is 6.80. The molecule has 41 heavy (non-hydrogen) atoms. The van der Waals surface area contributed by atoms with Crippen LogP contribution in [-0.4, -0.2) is 28.0 Å². The van der Waals surface area contributed by atoms with Crippen LogP contribution in [0.15, 0.2) is 109 Å². The number of nitrogens with zero attached hydrogens (tertiary/aromatic N) is 1. The molecular weight excluding hydrogens is 506 g/mol. The molecule has 2 aliphatic rings. The Morgan fingerprint density at radius 1 is 0.780 bits per heavy atom. The van der Waals surface area contributed by atoms with E-state index in [0.29, 0.717) is 0 Å². The molecule has 0 saturated heterocycles. The highest BCUT2D eigenvalue weighted by Gasteiger charge is 2.43. The van der Waals surface area contributed by atoms with Crippen molar-refractivity contribution in [1.29, 1.82) is 0 Å². The number of amides is 1. The van der Waals surface area contributed by atoms with E-state index in [1.807, 2.05) is 18.3 Å². The molecule has 202 valence electrons. The van der Waals surface area contributed by atoms with Gasteiger partial charge in [-0.2, -0.15) is 0 Å². The Balaban J connectivity index is 1.03. The van der Waals surface area contributed by atoms with Crippen molar-refractivity contribution >= 4 is 33.4 Å². The molecule has 1 amide bonds. The van der Waals surface area contributed by atoms with Crippen LogP contribution in [0.25, 0.3) is 21.8 Å². The van der Waals surface area contributed by atoms with Crippen LogP contribution < -0.4 is 16.0 Å². The zero-order chi connectivity index (χ0) is 27.3. The number of carbonyl (C=O) groups is 1. The first-order chi connectivity index (χ1) is 20.2. The molecule has 6 heteroatoms. The maximum absolute atomic E-state index is 13.1. The van der Waals surface area contributed by atoms with Crippen LogP contribution in [-0.2, 0) is 13.1 Å². The summed E-state index contributed by atoms with van der Waals surface area (Å²) >= 11 is 0. The lowest BCUT2D eigenvalue weighted by Crippen LogP contribution is -2.38. The fourth-order valence-corrected chi connectivity index (χ4v) is 6.80. The van der Waals surface area contributed by atoms with Gasteiger partial charge in [-0.15, -0.1) is 0 Å². The average molecular weight is 538 g/mol. The van der Waals surface area contributed by atoms with Crippen molar-refractivity contribution in [2.24, 2.45) is 0 Å². The van der Waals surface area contributed by atoms with E-state index in [4.69, 9.17) is 0 Å². The topological polar surface area (TPSA) is 73.9 Å². The highest BCUT2D eigenvalue weighted by atomic mass is 16.2. The highest BCUT2D eigenvalue weighted by molar-refractivity contribution is 6.03. The molecule has 0 saturated carbocycles. The summed E-state index contributed by atoms with van der Waals surface area (Å²) in [6.07, 6.45) is 4.11. The van der Waals surface area contributed by atoms with Gasteiger partial charge in [0.05, 0.1) is 6.04 Å². The predicted octanol–water partition coefficient (Wildman–Crippen LogP) is 6.32. The van der Waals surface area contributed by atoms with Crippen LogP contribution in [0.2, 0.25) is 0 Å². The second-order valence-electron chi connectivity index (χ2n) is 11.3. The normalized spacial score (nSPS) is 19.3. The fraction of sp³-hybridized carbons (Fsp3) is 0.171. The second kappa shape index (κ2) is 9.68. The van der Waals surface area contributed by atoms with Crippen molar-refractivity contribution < 1.29 is 4.79 Å². The van der Waals surface area contributed by atoms with Crippen LogP contribution in [0.5, 0.6) is 0 Å². The molecule has 3 atom stereocenters. The Morgan fingerprint density at radius 3 is 2.59 bits per heavy atom. The van der Waals surface area contributed by atoms with Gasteiger partial charge in [0.1, 0.15) is 0 Å². The Bertz CT molecular complexity index is 1900. The number of hydrogen-bond acceptors (Lipinski definition) is 3. The minimum atomic E-state index is -0.0919. The molecule has 0 bridgehead atoms. The van der Waals surface area contributed by atoms with E-state index >= 15 is 0 Å². The van der Waals surface area contributed by atoms with Crippen LogP contribution >= 0.6 is 0 Å². The molecule has 3 unspecified atom stereocenters. The molecule has 0 radical (unpaired) electrons. The number of para-hydroxylation sites is 1. The van der Waals surface area contributed by atoms with E-state index in [0.717, 1.165) is 47.4 Å². The largest absolute Gasteiger partial charge is 0.380 e. The third-order valence-electron chi connectivity index (χ3n) is 8.77. The van der Waals surface area contributed by atoms with Crippen LogP contribution in [0, 0.1) is 0 Å². The summed E-state index contributed by atoms with van der Waals surface area (Å²) in [5.74, 6) is 0.123. The van der Waals surface area contributed by atoms with Gasteiger partial charge in [0.2, 0.25) is 0 Å². The van der Waals surface area contributed by atoms with Gasteiger partial charge in [-0.1, -0.05) is 60.7 Å². The van der Waals surface area contributed by atoms with Crippen molar-refractivity contribution in [3.05, 3.63) is 137 Å². The molecule has 6 aromatic rings. The summed E-state index contributed by atoms with van der Waals surface area (Å²) in [6, 6.07) is 34.2. The number of hydrogen-bond donors (Lipinski definition) is 4. The summed E-state index contributed by atoms with van der Waals surface area (Å²) in [7, 11) is 0. The van der Waals surface area contributed by atoms with E-state index < -0.39 is 0 Å². The van der Waals surface area contributed by atoms with E-state index in [-0.39, 0.29) is 23.9 Å². The molecular formula is C35H31N5O. The van der Waals surface area contributed by atoms with Crippen LogP contribution in [0.1, 0.15) is 44.6 Å². The van der Waals surface area contributed by atoms with Gasteiger partial charge >= 0.3 is 0 Å². The molecule has 2 aliphatic heterocycles. The summed E-state index contributed by atoms with van der Waals surface area (Å²) in [5, 5.41) is 13.1. The third-order valence-corrected chi connectivity index (χ3v) is 8.77. The van der Waals surface area contributed by atoms with Gasteiger partial charge in [-0.3, -0.25) is 4.79 Å². The number of aromatic amines is 1. The van der Waals surface area contributed by atoms with Gasteiger partial charge in [0.25, 0.3) is 5.91 Å². The molecule has 4 N–H and O–H groups in total. The van der Waals surface area contributed by atoms with Crippen molar-refractivity contribution in [2.75, 3.05) is 11.9 Å². The van der Waals surface area contributed by atoms with Crippen molar-refractivity contribution in [1.82, 2.24) is 20.2 Å². The van der Waals surface area contributed by atoms with Gasteiger partial charge in [-0.25, -0.2) is 0 Å². The Hall–Kier alpha value is -4.81. The SMILES string of the molecule is O=C1NC(C2c3ccccc3NC2CNCc2ccc3ccn(Cc4ccccc4)c3c2)c2cc3[nH]ccc3cc21. The maximum atomic E-state index is 13.1. The summed E-state index contributed by atoms with van der Waals surface area (Å²) in [6.45, 7) is 2.40. The van der Waals surface area contributed by atoms with Gasteiger partial charge < -0.3 is 25.5 Å². The summed E-state index contributed by atoms with van der Waals surface area (Å²) in [4.78, 5) is 16.4. The molecule has 4 aromatic carbocycles. The number of anilines is 1. The highest BCUT2D eigenvalue weighted by Crippen LogP contribution is 2.46. The summed E-state index contributed by atoms with van der Waals surface area (Å²) < 4.78 is 2.32. The number of rotatable bonds is 7. The summed E-state index contributed by atoms with van der Waals surface area (Å²) in [5.41, 5.74) is 9.12. The van der Waals surface area contributed by atoms with E-state index in [1.165, 1.54) is 27.6 Å². The Kier molecular flexibility index (Phi) is 5.67. The molecule has 0 fully saturated rings. The van der Waals surface area contributed by atoms with E-state index in [9.17, 15) is 4.79 Å². The lowest BCUT2D eigenvalue weighted by molar-refractivity contribution is 0.0951. The van der Waals surface area contributed by atoms with Crippen LogP contribution in [0.4, 0.5) is 5.69 Å². The first-order valence-electron chi connectivity index (χ1n) is 14.3. The van der Waals surface area contributed by atoms with Gasteiger partial charge in [0, 0.05) is 71.7 Å². The number of carbonyl (C=O) groups excluding carboxylic acids is 1. The first kappa shape index (κ1) is 24.0. The minimum absolute atomic E-state index is 0.0102. The number of benzene rings is 4. The van der Waals surface area contributed by atoms with Gasteiger partial charge in [-0.05, 0) is 64.0 Å². The lowest BCUT2D eigenvalue weighted by atomic mass is 9.84. The van der Waals surface area contributed by atoms with Crippen molar-refractivity contribution in [2.45, 2.75) is 31.1 Å². The minimum Gasteiger partial charge on any atom is -0.380 e. The molecule has 0 aliphatic carbocycles. The lowest BCUT2D eigenvalue weighted by Gasteiger charge is -2.27. The zero-order valence-corrected chi connectivity index (χ0v) is 22.6. The zero-order valence-electron chi connectivity index (χ0n) is 22.6. The van der Waals surface area contributed by atoms with E-state index in [1.54, 1.807) is 0 Å². The molecule has 0 spiro atoms. The molecule has 8 rings (SSSR count). The predicted molar refractivity (Wildman–Crippen MR) is 164 cm³/mol. The van der Waals surface area contributed by atoms with Crippen molar-refractivity contribution in [3.8, 4) is 0 Å². The maximum Gasteiger partial charge on any atom is 0.252 e.